The van der Waals surface area contributed by atoms with E-state index in [9.17, 15) is 17.6 Å². The van der Waals surface area contributed by atoms with E-state index in [4.69, 9.17) is 0 Å². The quantitative estimate of drug-likeness (QED) is 0.522. The first-order valence-electron chi connectivity index (χ1n) is 10.3. The average Bonchev–Trinajstić information content (AvgIpc) is 2.77. The molecule has 0 radical (unpaired) electrons. The van der Waals surface area contributed by atoms with E-state index < -0.39 is 15.8 Å². The van der Waals surface area contributed by atoms with Gasteiger partial charge >= 0.3 is 0 Å². The lowest BCUT2D eigenvalue weighted by Gasteiger charge is -2.16. The molecule has 32 heavy (non-hydrogen) atoms. The Morgan fingerprint density at radius 1 is 1.03 bits per heavy atom. The highest BCUT2D eigenvalue weighted by Crippen LogP contribution is 2.15. The summed E-state index contributed by atoms with van der Waals surface area (Å²) in [5.41, 5.74) is 2.83. The van der Waals surface area contributed by atoms with Crippen LogP contribution in [0, 0.1) is 12.7 Å². The fourth-order valence-electron chi connectivity index (χ4n) is 3.14. The van der Waals surface area contributed by atoms with E-state index in [0.717, 1.165) is 22.0 Å². The van der Waals surface area contributed by atoms with E-state index in [1.165, 1.54) is 24.7 Å². The molecule has 0 saturated heterocycles. The van der Waals surface area contributed by atoms with Crippen molar-refractivity contribution in [2.75, 3.05) is 13.6 Å². The van der Waals surface area contributed by atoms with Gasteiger partial charge in [0.2, 0.25) is 15.9 Å². The predicted octanol–water partition coefficient (Wildman–Crippen LogP) is 3.51. The Morgan fingerprint density at radius 3 is 2.41 bits per heavy atom. The number of nitrogens with zero attached hydrogens (tertiary/aromatic N) is 3. The molecule has 0 aliphatic rings. The Bertz CT molecular complexity index is 1230. The van der Waals surface area contributed by atoms with E-state index in [0.29, 0.717) is 18.5 Å². The van der Waals surface area contributed by atoms with Crippen molar-refractivity contribution >= 4 is 15.9 Å². The van der Waals surface area contributed by atoms with Crippen molar-refractivity contribution in [3.8, 4) is 0 Å². The molecular weight excluding hydrogens is 429 g/mol. The lowest BCUT2D eigenvalue weighted by Crippen LogP contribution is -2.28. The Kier molecular flexibility index (Phi) is 7.71. The second-order valence-electron chi connectivity index (χ2n) is 7.56. The molecule has 168 valence electrons. The molecule has 0 unspecified atom stereocenters. The number of sulfonamides is 1. The van der Waals surface area contributed by atoms with Crippen molar-refractivity contribution in [3.63, 3.8) is 0 Å². The van der Waals surface area contributed by atoms with E-state index in [1.807, 2.05) is 54.1 Å². The molecule has 3 aromatic rings. The summed E-state index contributed by atoms with van der Waals surface area (Å²) in [6.45, 7) is 2.77. The average molecular weight is 456 g/mol. The van der Waals surface area contributed by atoms with Crippen LogP contribution in [0.3, 0.4) is 0 Å². The van der Waals surface area contributed by atoms with Crippen LogP contribution in [0.25, 0.3) is 0 Å². The molecule has 0 atom stereocenters. The van der Waals surface area contributed by atoms with Gasteiger partial charge in [-0.25, -0.2) is 17.1 Å². The van der Waals surface area contributed by atoms with E-state index in [-0.39, 0.29) is 23.8 Å². The Hall–Kier alpha value is -3.10. The molecule has 0 N–H and O–H groups in total. The van der Waals surface area contributed by atoms with Crippen LogP contribution < -0.4 is 5.49 Å². The van der Waals surface area contributed by atoms with Gasteiger partial charge in [-0.15, -0.1) is 0 Å². The van der Waals surface area contributed by atoms with Gasteiger partial charge in [0.15, 0.2) is 0 Å². The lowest BCUT2D eigenvalue weighted by atomic mass is 10.1. The first kappa shape index (κ1) is 23.6. The molecule has 1 amide bonds. The van der Waals surface area contributed by atoms with E-state index >= 15 is 0 Å². The summed E-state index contributed by atoms with van der Waals surface area (Å²) in [5, 5.41) is 0. The highest BCUT2D eigenvalue weighted by molar-refractivity contribution is 7.89. The summed E-state index contributed by atoms with van der Waals surface area (Å²) in [6, 6.07) is 18.3. The number of aromatic nitrogens is 1. The molecule has 2 aromatic carbocycles. The molecule has 1 heterocycles. The Morgan fingerprint density at radius 2 is 1.72 bits per heavy atom. The van der Waals surface area contributed by atoms with Crippen LogP contribution in [0.5, 0.6) is 0 Å². The second-order valence-corrected chi connectivity index (χ2v) is 9.61. The normalized spacial score (nSPS) is 12.3. The standard InChI is InChI=1S/C24H26FN3O3S/c1-19-8-10-20(11-9-19)18-28-17-4-3-6-23(28)26-24(29)7-5-16-27(2)32(30,31)22-14-12-21(25)13-15-22/h3-4,6,8-15,17H,5,7,16,18H2,1-2H3. The zero-order valence-electron chi connectivity index (χ0n) is 18.1. The van der Waals surface area contributed by atoms with Gasteiger partial charge in [0.1, 0.15) is 11.3 Å². The summed E-state index contributed by atoms with van der Waals surface area (Å²) >= 11 is 0. The first-order chi connectivity index (χ1) is 15.3. The molecule has 3 rings (SSSR count). The molecule has 0 bridgehead atoms. The fourth-order valence-corrected chi connectivity index (χ4v) is 4.35. The maximum atomic E-state index is 13.1. The van der Waals surface area contributed by atoms with Crippen LogP contribution in [0.1, 0.15) is 24.0 Å². The third-order valence-corrected chi connectivity index (χ3v) is 6.89. The van der Waals surface area contributed by atoms with Crippen LogP contribution in [-0.2, 0) is 21.4 Å². The van der Waals surface area contributed by atoms with E-state index in [1.54, 1.807) is 6.07 Å². The van der Waals surface area contributed by atoms with Gasteiger partial charge in [0, 0.05) is 32.8 Å². The zero-order valence-corrected chi connectivity index (χ0v) is 18.9. The number of halogens is 1. The minimum Gasteiger partial charge on any atom is -0.329 e. The molecule has 6 nitrogen and oxygen atoms in total. The summed E-state index contributed by atoms with van der Waals surface area (Å²) in [6.07, 6.45) is 2.31. The van der Waals surface area contributed by atoms with Gasteiger partial charge in [0.05, 0.1) is 4.90 Å². The van der Waals surface area contributed by atoms with Gasteiger partial charge in [-0.05, 0) is 55.3 Å². The minimum atomic E-state index is -3.74. The Labute approximate surface area is 187 Å². The summed E-state index contributed by atoms with van der Waals surface area (Å²) in [4.78, 5) is 16.6. The molecular formula is C24H26FN3O3S. The number of benzene rings is 2. The highest BCUT2D eigenvalue weighted by atomic mass is 32.2. The number of pyridine rings is 1. The minimum absolute atomic E-state index is 0.0128. The maximum absolute atomic E-state index is 13.1. The molecule has 0 aliphatic carbocycles. The van der Waals surface area contributed by atoms with Gasteiger partial charge in [0.25, 0.3) is 0 Å². The van der Waals surface area contributed by atoms with Crippen LogP contribution in [0.2, 0.25) is 0 Å². The third-order valence-electron chi connectivity index (χ3n) is 5.01. The molecule has 1 aromatic heterocycles. The first-order valence-corrected chi connectivity index (χ1v) is 11.7. The molecule has 0 fully saturated rings. The molecule has 0 spiro atoms. The summed E-state index contributed by atoms with van der Waals surface area (Å²) < 4.78 is 41.2. The number of amides is 1. The maximum Gasteiger partial charge on any atom is 0.247 e. The topological polar surface area (TPSA) is 71.7 Å². The molecule has 0 saturated carbocycles. The predicted molar refractivity (Wildman–Crippen MR) is 121 cm³/mol. The van der Waals surface area contributed by atoms with Crippen molar-refractivity contribution in [1.29, 1.82) is 0 Å². The Balaban J connectivity index is 1.62. The SMILES string of the molecule is Cc1ccc(Cn2ccccc2=NC(=O)CCCN(C)S(=O)(=O)c2ccc(F)cc2)cc1. The van der Waals surface area contributed by atoms with E-state index in [2.05, 4.69) is 4.99 Å². The highest BCUT2D eigenvalue weighted by Gasteiger charge is 2.20. The number of rotatable bonds is 8. The van der Waals surface area contributed by atoms with Crippen LogP contribution in [0.4, 0.5) is 4.39 Å². The van der Waals surface area contributed by atoms with Crippen LogP contribution in [-0.4, -0.2) is 36.8 Å². The summed E-state index contributed by atoms with van der Waals surface area (Å²) in [5.74, 6) is -0.819. The van der Waals surface area contributed by atoms with Crippen molar-refractivity contribution in [1.82, 2.24) is 8.87 Å². The van der Waals surface area contributed by atoms with Gasteiger partial charge in [-0.1, -0.05) is 35.9 Å². The van der Waals surface area contributed by atoms with Crippen molar-refractivity contribution in [3.05, 3.63) is 95.4 Å². The van der Waals surface area contributed by atoms with Crippen molar-refractivity contribution in [2.24, 2.45) is 4.99 Å². The summed E-state index contributed by atoms with van der Waals surface area (Å²) in [7, 11) is -2.30. The number of hydrogen-bond donors (Lipinski definition) is 0. The molecule has 0 aliphatic heterocycles. The number of hydrogen-bond acceptors (Lipinski definition) is 3. The second kappa shape index (κ2) is 10.5. The van der Waals surface area contributed by atoms with Crippen LogP contribution >= 0.6 is 0 Å². The fraction of sp³-hybridized carbons (Fsp3) is 0.250. The smallest absolute Gasteiger partial charge is 0.247 e. The largest absolute Gasteiger partial charge is 0.329 e. The van der Waals surface area contributed by atoms with Crippen molar-refractivity contribution in [2.45, 2.75) is 31.2 Å². The number of carbonyl (C=O) groups excluding carboxylic acids is 1. The van der Waals surface area contributed by atoms with Gasteiger partial charge < -0.3 is 4.57 Å². The third kappa shape index (κ3) is 6.21. The molecule has 8 heteroatoms. The van der Waals surface area contributed by atoms with Crippen molar-refractivity contribution < 1.29 is 17.6 Å². The number of carbonyl (C=O) groups is 1. The zero-order chi connectivity index (χ0) is 23.1. The monoisotopic (exact) mass is 455 g/mol. The van der Waals surface area contributed by atoms with Crippen LogP contribution in [0.15, 0.2) is 82.8 Å². The van der Waals surface area contributed by atoms with Gasteiger partial charge in [-0.2, -0.15) is 4.99 Å². The lowest BCUT2D eigenvalue weighted by molar-refractivity contribution is -0.118. The number of aryl methyl sites for hydroxylation is 1. The van der Waals surface area contributed by atoms with Gasteiger partial charge in [-0.3, -0.25) is 4.79 Å².